The van der Waals surface area contributed by atoms with Crippen molar-refractivity contribution in [3.05, 3.63) is 0 Å². The minimum absolute atomic E-state index is 0.0815. The van der Waals surface area contributed by atoms with Gasteiger partial charge < -0.3 is 0 Å². The summed E-state index contributed by atoms with van der Waals surface area (Å²) in [4.78, 5) is 4.21. The molecule has 0 spiro atoms. The van der Waals surface area contributed by atoms with Crippen molar-refractivity contribution in [3.8, 4) is 0 Å². The van der Waals surface area contributed by atoms with Crippen molar-refractivity contribution in [1.29, 1.82) is 0 Å². The Morgan fingerprint density at radius 2 is 2.25 bits per heavy atom. The second-order valence-electron chi connectivity index (χ2n) is 3.71. The average molecular weight is 187 g/mol. The second kappa shape index (κ2) is 3.23. The molecule has 0 aromatic rings. The minimum atomic E-state index is -0.0815. The van der Waals surface area contributed by atoms with Crippen LogP contribution in [-0.4, -0.2) is 26.9 Å². The van der Waals surface area contributed by atoms with Crippen LogP contribution in [0.4, 0.5) is 0 Å². The molecule has 0 aromatic carbocycles. The van der Waals surface area contributed by atoms with Crippen molar-refractivity contribution in [2.75, 3.05) is 6.26 Å². The zero-order valence-corrected chi connectivity index (χ0v) is 9.52. The largest absolute Gasteiger partial charge is 0.353 e. The van der Waals surface area contributed by atoms with E-state index in [0.717, 1.165) is 0 Å². The third-order valence-corrected chi connectivity index (χ3v) is 6.53. The lowest BCUT2D eigenvalue weighted by atomic mass is 10.0. The van der Waals surface area contributed by atoms with Gasteiger partial charge in [0.1, 0.15) is 6.04 Å². The summed E-state index contributed by atoms with van der Waals surface area (Å²) in [5.74, 6) is 0. The Bertz CT molecular complexity index is 243. The van der Waals surface area contributed by atoms with Crippen LogP contribution >= 0.6 is 10.9 Å². The minimum Gasteiger partial charge on any atom is -0.148 e. The molecule has 0 aromatic heterocycles. The van der Waals surface area contributed by atoms with E-state index in [2.05, 4.69) is 43.9 Å². The highest BCUT2D eigenvalue weighted by molar-refractivity contribution is 8.30. The average Bonchev–Trinajstić information content (AvgIpc) is 2.08. The number of rotatable bonds is 1. The third-order valence-electron chi connectivity index (χ3n) is 3.24. The van der Waals surface area contributed by atoms with Gasteiger partial charge in [-0.25, -0.2) is 0 Å². The molecule has 0 fully saturated rings. The number of hydrogen-bond acceptors (Lipinski definition) is 1. The zero-order chi connectivity index (χ0) is 9.35. The molecule has 0 aliphatic carbocycles. The van der Waals surface area contributed by atoms with Crippen molar-refractivity contribution >= 4 is 15.9 Å². The second-order valence-corrected chi connectivity index (χ2v) is 6.50. The fraction of sp³-hybridized carbons (Fsp3) is 0.889. The van der Waals surface area contributed by atoms with E-state index in [-0.39, 0.29) is 10.9 Å². The van der Waals surface area contributed by atoms with E-state index in [1.165, 1.54) is 11.5 Å². The number of thiol groups is 1. The SMILES string of the molecule is CCC1(C)C(C)N=[N+]=C(C)[SH]1C. The summed E-state index contributed by atoms with van der Waals surface area (Å²) in [5.41, 5.74) is 0. The first-order chi connectivity index (χ1) is 5.52. The topological polar surface area (TPSA) is 26.5 Å². The van der Waals surface area contributed by atoms with Crippen molar-refractivity contribution < 1.29 is 4.79 Å². The Balaban J connectivity index is 3.03. The lowest BCUT2D eigenvalue weighted by Gasteiger charge is -2.36. The first kappa shape index (κ1) is 9.82. The molecule has 1 rings (SSSR count). The van der Waals surface area contributed by atoms with Crippen LogP contribution < -0.4 is 0 Å². The fourth-order valence-corrected chi connectivity index (χ4v) is 3.56. The molecule has 70 valence electrons. The van der Waals surface area contributed by atoms with Crippen molar-refractivity contribution in [2.24, 2.45) is 5.11 Å². The molecule has 0 N–H and O–H groups in total. The van der Waals surface area contributed by atoms with Gasteiger partial charge in [0.05, 0.1) is 9.90 Å². The van der Waals surface area contributed by atoms with Crippen LogP contribution in [0, 0.1) is 0 Å². The van der Waals surface area contributed by atoms with Gasteiger partial charge in [0, 0.05) is 11.7 Å². The molecule has 2 nitrogen and oxygen atoms in total. The molecule has 0 amide bonds. The summed E-state index contributed by atoms with van der Waals surface area (Å²) >= 11 is 0. The van der Waals surface area contributed by atoms with Crippen LogP contribution in [0.3, 0.4) is 0 Å². The highest BCUT2D eigenvalue weighted by Gasteiger charge is 2.42. The summed E-state index contributed by atoms with van der Waals surface area (Å²) in [6, 6.07) is 0.391. The smallest absolute Gasteiger partial charge is 0.148 e. The van der Waals surface area contributed by atoms with E-state index in [1.54, 1.807) is 0 Å². The van der Waals surface area contributed by atoms with Gasteiger partial charge in [-0.1, -0.05) is 6.92 Å². The normalized spacial score (nSPS) is 44.2. The lowest BCUT2D eigenvalue weighted by molar-refractivity contribution is -0.102. The van der Waals surface area contributed by atoms with Gasteiger partial charge in [0.25, 0.3) is 0 Å². The van der Waals surface area contributed by atoms with Crippen molar-refractivity contribution in [1.82, 2.24) is 0 Å². The maximum absolute atomic E-state index is 4.29. The molecule has 0 saturated carbocycles. The molecule has 0 bridgehead atoms. The van der Waals surface area contributed by atoms with Gasteiger partial charge in [-0.05, 0) is 26.5 Å². The molecule has 0 radical (unpaired) electrons. The number of hydrogen-bond donors (Lipinski definition) is 1. The summed E-state index contributed by atoms with van der Waals surface area (Å²) in [5, 5.41) is 5.53. The maximum Gasteiger partial charge on any atom is 0.353 e. The Morgan fingerprint density at radius 1 is 1.67 bits per heavy atom. The number of nitrogens with zero attached hydrogens (tertiary/aromatic N) is 2. The van der Waals surface area contributed by atoms with Gasteiger partial charge in [-0.15, -0.1) is 10.9 Å². The van der Waals surface area contributed by atoms with Gasteiger partial charge in [-0.3, -0.25) is 0 Å². The fourth-order valence-electron chi connectivity index (χ4n) is 1.54. The first-order valence-corrected chi connectivity index (χ1v) is 6.29. The van der Waals surface area contributed by atoms with Crippen LogP contribution in [0.5, 0.6) is 0 Å². The standard InChI is InChI=1S/C9H19N2S/c1-6-9(4)7(2)10-11-8(3)12(9)5/h7,12H,6H2,1-5H3/q+1. The van der Waals surface area contributed by atoms with Gasteiger partial charge >= 0.3 is 5.04 Å². The molecular formula is C9H19N2S+. The Morgan fingerprint density at radius 3 is 2.67 bits per heavy atom. The monoisotopic (exact) mass is 187 g/mol. The van der Waals surface area contributed by atoms with Crippen LogP contribution in [0.15, 0.2) is 5.11 Å². The molecule has 1 aliphatic rings. The molecular weight excluding hydrogens is 168 g/mol. The van der Waals surface area contributed by atoms with E-state index >= 15 is 0 Å². The van der Waals surface area contributed by atoms with Crippen LogP contribution in [0.1, 0.15) is 34.1 Å². The van der Waals surface area contributed by atoms with Gasteiger partial charge in [-0.2, -0.15) is 0 Å². The Hall–Kier alpha value is -0.270. The molecule has 3 atom stereocenters. The molecule has 0 saturated heterocycles. The molecule has 1 aliphatic heterocycles. The molecule has 3 heteroatoms. The quantitative estimate of drug-likeness (QED) is 0.481. The first-order valence-electron chi connectivity index (χ1n) is 4.50. The Kier molecular flexibility index (Phi) is 2.64. The van der Waals surface area contributed by atoms with E-state index in [1.807, 2.05) is 0 Å². The van der Waals surface area contributed by atoms with Crippen LogP contribution in [-0.2, 0) is 0 Å². The predicted molar refractivity (Wildman–Crippen MR) is 56.4 cm³/mol. The highest BCUT2D eigenvalue weighted by atomic mass is 32.2. The molecule has 3 unspecified atom stereocenters. The summed E-state index contributed by atoms with van der Waals surface area (Å²) in [7, 11) is -0.0815. The Labute approximate surface area is 77.5 Å². The summed E-state index contributed by atoms with van der Waals surface area (Å²) in [6.07, 6.45) is 3.52. The summed E-state index contributed by atoms with van der Waals surface area (Å²) < 4.78 is 0.376. The van der Waals surface area contributed by atoms with E-state index in [4.69, 9.17) is 0 Å². The maximum atomic E-state index is 4.29. The van der Waals surface area contributed by atoms with Crippen molar-refractivity contribution in [2.45, 2.75) is 44.9 Å². The van der Waals surface area contributed by atoms with Crippen molar-refractivity contribution in [3.63, 3.8) is 0 Å². The molecule has 12 heavy (non-hydrogen) atoms. The van der Waals surface area contributed by atoms with Crippen LogP contribution in [0.2, 0.25) is 0 Å². The lowest BCUT2D eigenvalue weighted by Crippen LogP contribution is -2.39. The van der Waals surface area contributed by atoms with E-state index in [9.17, 15) is 0 Å². The summed E-state index contributed by atoms with van der Waals surface area (Å²) in [6.45, 7) is 8.88. The highest BCUT2D eigenvalue weighted by Crippen LogP contribution is 2.45. The predicted octanol–water partition coefficient (Wildman–Crippen LogP) is 2.27. The van der Waals surface area contributed by atoms with Gasteiger partial charge in [0.2, 0.25) is 0 Å². The van der Waals surface area contributed by atoms with E-state index in [0.29, 0.717) is 10.8 Å². The molecule has 1 heterocycles. The van der Waals surface area contributed by atoms with Crippen LogP contribution in [0.25, 0.3) is 0 Å². The van der Waals surface area contributed by atoms with E-state index < -0.39 is 0 Å². The van der Waals surface area contributed by atoms with Gasteiger partial charge in [0.15, 0.2) is 0 Å². The zero-order valence-electron chi connectivity index (χ0n) is 8.63. The third kappa shape index (κ3) is 1.32.